The van der Waals surface area contributed by atoms with Gasteiger partial charge >= 0.3 is 0 Å². The van der Waals surface area contributed by atoms with E-state index in [-0.39, 0.29) is 11.4 Å². The number of nitrogens with zero attached hydrogens (tertiary/aromatic N) is 2. The first-order chi connectivity index (χ1) is 8.62. The molecule has 0 fully saturated rings. The maximum Gasteiger partial charge on any atom is 0.242 e. The number of nitrogens with one attached hydrogen (secondary N) is 2. The highest BCUT2D eigenvalue weighted by Gasteiger charge is 2.14. The minimum Gasteiger partial charge on any atom is -0.373 e. The van der Waals surface area contributed by atoms with Crippen molar-refractivity contribution in [2.24, 2.45) is 0 Å². The molecule has 0 bridgehead atoms. The third-order valence-corrected chi connectivity index (χ3v) is 4.37. The molecule has 0 spiro atoms. The maximum absolute atomic E-state index is 11.9. The van der Waals surface area contributed by atoms with Gasteiger partial charge in [-0.25, -0.2) is 23.1 Å². The minimum absolute atomic E-state index is 0.137. The van der Waals surface area contributed by atoms with E-state index in [0.717, 1.165) is 5.01 Å². The quantitative estimate of drug-likeness (QED) is 0.857. The lowest BCUT2D eigenvalue weighted by Gasteiger charge is -2.05. The van der Waals surface area contributed by atoms with Gasteiger partial charge in [0, 0.05) is 24.8 Å². The van der Waals surface area contributed by atoms with Gasteiger partial charge < -0.3 is 5.32 Å². The molecule has 2 aromatic rings. The summed E-state index contributed by atoms with van der Waals surface area (Å²) in [7, 11) is -1.82. The van der Waals surface area contributed by atoms with E-state index in [1.807, 2.05) is 0 Å². The molecule has 0 saturated carbocycles. The Hall–Kier alpha value is -1.51. The second-order valence-electron chi connectivity index (χ2n) is 3.38. The fraction of sp³-hybridized carbons (Fsp3) is 0.200. The molecule has 2 rings (SSSR count). The largest absolute Gasteiger partial charge is 0.373 e. The van der Waals surface area contributed by atoms with Crippen LogP contribution in [-0.2, 0) is 16.6 Å². The van der Waals surface area contributed by atoms with Crippen LogP contribution >= 0.6 is 11.3 Å². The highest BCUT2D eigenvalue weighted by molar-refractivity contribution is 7.89. The van der Waals surface area contributed by atoms with E-state index >= 15 is 0 Å². The average Bonchev–Trinajstić information content (AvgIpc) is 2.90. The summed E-state index contributed by atoms with van der Waals surface area (Å²) in [5, 5.41) is 5.34. The SMILES string of the molecule is CNc1ccc(S(=O)(=O)NCc2nccs2)cn1. The molecule has 0 saturated heterocycles. The van der Waals surface area contributed by atoms with E-state index in [4.69, 9.17) is 0 Å². The molecule has 8 heteroatoms. The van der Waals surface area contributed by atoms with Crippen LogP contribution in [0.2, 0.25) is 0 Å². The number of hydrogen-bond donors (Lipinski definition) is 2. The van der Waals surface area contributed by atoms with Crippen LogP contribution in [0.4, 0.5) is 5.82 Å². The maximum atomic E-state index is 11.9. The number of thiazole rings is 1. The first-order valence-corrected chi connectivity index (χ1v) is 7.50. The topological polar surface area (TPSA) is 84.0 Å². The molecule has 96 valence electrons. The Bertz CT molecular complexity index is 593. The van der Waals surface area contributed by atoms with Gasteiger partial charge in [0.05, 0.1) is 6.54 Å². The van der Waals surface area contributed by atoms with E-state index in [1.165, 1.54) is 23.6 Å². The second kappa shape index (κ2) is 5.42. The molecule has 0 aromatic carbocycles. The first-order valence-electron chi connectivity index (χ1n) is 5.13. The predicted molar refractivity (Wildman–Crippen MR) is 69.9 cm³/mol. The zero-order valence-electron chi connectivity index (χ0n) is 9.62. The van der Waals surface area contributed by atoms with Crippen molar-refractivity contribution in [3.63, 3.8) is 0 Å². The molecule has 0 aliphatic carbocycles. The molecular formula is C10H12N4O2S2. The fourth-order valence-corrected chi connectivity index (χ4v) is 2.85. The molecule has 18 heavy (non-hydrogen) atoms. The zero-order valence-corrected chi connectivity index (χ0v) is 11.3. The van der Waals surface area contributed by atoms with E-state index < -0.39 is 10.0 Å². The molecule has 0 aliphatic rings. The van der Waals surface area contributed by atoms with Gasteiger partial charge in [-0.1, -0.05) is 0 Å². The average molecular weight is 284 g/mol. The van der Waals surface area contributed by atoms with Gasteiger partial charge in [-0.15, -0.1) is 11.3 Å². The summed E-state index contributed by atoms with van der Waals surface area (Å²) in [5.74, 6) is 0.619. The van der Waals surface area contributed by atoms with Crippen LogP contribution in [0.5, 0.6) is 0 Å². The van der Waals surface area contributed by atoms with Gasteiger partial charge in [0.15, 0.2) is 0 Å². The van der Waals surface area contributed by atoms with Gasteiger partial charge in [-0.2, -0.15) is 0 Å². The van der Waals surface area contributed by atoms with Crippen molar-refractivity contribution in [1.29, 1.82) is 0 Å². The van der Waals surface area contributed by atoms with Crippen LogP contribution in [0.15, 0.2) is 34.8 Å². The van der Waals surface area contributed by atoms with Crippen molar-refractivity contribution in [1.82, 2.24) is 14.7 Å². The summed E-state index contributed by atoms with van der Waals surface area (Å²) >= 11 is 1.40. The van der Waals surface area contributed by atoms with Gasteiger partial charge in [0.2, 0.25) is 10.0 Å². The van der Waals surface area contributed by atoms with Crippen molar-refractivity contribution in [2.45, 2.75) is 11.4 Å². The fourth-order valence-electron chi connectivity index (χ4n) is 1.27. The van der Waals surface area contributed by atoms with Crippen LogP contribution < -0.4 is 10.0 Å². The van der Waals surface area contributed by atoms with Crippen molar-refractivity contribution in [3.8, 4) is 0 Å². The van der Waals surface area contributed by atoms with Crippen molar-refractivity contribution in [2.75, 3.05) is 12.4 Å². The lowest BCUT2D eigenvalue weighted by molar-refractivity contribution is 0.580. The van der Waals surface area contributed by atoms with E-state index in [2.05, 4.69) is 20.0 Å². The zero-order chi connectivity index (χ0) is 13.0. The van der Waals surface area contributed by atoms with Crippen LogP contribution in [0.3, 0.4) is 0 Å². The monoisotopic (exact) mass is 284 g/mol. The minimum atomic E-state index is -3.53. The Morgan fingerprint density at radius 1 is 1.33 bits per heavy atom. The first kappa shape index (κ1) is 12.9. The van der Waals surface area contributed by atoms with Crippen LogP contribution in [-0.4, -0.2) is 25.4 Å². The molecule has 2 heterocycles. The number of aromatic nitrogens is 2. The highest BCUT2D eigenvalue weighted by atomic mass is 32.2. The summed E-state index contributed by atoms with van der Waals surface area (Å²) in [6, 6.07) is 3.11. The van der Waals surface area contributed by atoms with Crippen LogP contribution in [0.25, 0.3) is 0 Å². The van der Waals surface area contributed by atoms with E-state index in [9.17, 15) is 8.42 Å². The van der Waals surface area contributed by atoms with Crippen molar-refractivity contribution >= 4 is 27.2 Å². The highest BCUT2D eigenvalue weighted by Crippen LogP contribution is 2.11. The second-order valence-corrected chi connectivity index (χ2v) is 6.13. The Kier molecular flexibility index (Phi) is 3.90. The van der Waals surface area contributed by atoms with Crippen molar-refractivity contribution in [3.05, 3.63) is 34.9 Å². The van der Waals surface area contributed by atoms with Crippen LogP contribution in [0, 0.1) is 0 Å². The number of hydrogen-bond acceptors (Lipinski definition) is 6. The van der Waals surface area contributed by atoms with Gasteiger partial charge in [0.1, 0.15) is 15.7 Å². The summed E-state index contributed by atoms with van der Waals surface area (Å²) in [5.41, 5.74) is 0. The summed E-state index contributed by atoms with van der Waals surface area (Å²) in [6.07, 6.45) is 2.95. The Morgan fingerprint density at radius 2 is 2.17 bits per heavy atom. The number of anilines is 1. The molecule has 6 nitrogen and oxygen atoms in total. The molecule has 0 unspecified atom stereocenters. The smallest absolute Gasteiger partial charge is 0.242 e. The predicted octanol–water partition coefficient (Wildman–Crippen LogP) is 1.06. The van der Waals surface area contributed by atoms with Crippen LogP contribution in [0.1, 0.15) is 5.01 Å². The van der Waals surface area contributed by atoms with Crippen molar-refractivity contribution < 1.29 is 8.42 Å². The number of rotatable bonds is 5. The van der Waals surface area contributed by atoms with Gasteiger partial charge in [-0.3, -0.25) is 0 Å². The number of sulfonamides is 1. The normalized spacial score (nSPS) is 11.4. The Balaban J connectivity index is 2.09. The van der Waals surface area contributed by atoms with Gasteiger partial charge in [0.25, 0.3) is 0 Å². The summed E-state index contributed by atoms with van der Waals surface area (Å²) in [6.45, 7) is 0.188. The molecule has 0 radical (unpaired) electrons. The summed E-state index contributed by atoms with van der Waals surface area (Å²) in [4.78, 5) is 8.11. The summed E-state index contributed by atoms with van der Waals surface area (Å²) < 4.78 is 26.3. The van der Waals surface area contributed by atoms with E-state index in [1.54, 1.807) is 24.7 Å². The molecule has 2 N–H and O–H groups in total. The third-order valence-electron chi connectivity index (χ3n) is 2.20. The standard InChI is InChI=1S/C10H12N4O2S2/c1-11-9-3-2-8(6-13-9)18(15,16)14-7-10-12-4-5-17-10/h2-6,14H,7H2,1H3,(H,11,13). The Morgan fingerprint density at radius 3 is 2.72 bits per heavy atom. The lowest BCUT2D eigenvalue weighted by Crippen LogP contribution is -2.23. The van der Waals surface area contributed by atoms with Gasteiger partial charge in [-0.05, 0) is 12.1 Å². The lowest BCUT2D eigenvalue weighted by atomic mass is 10.5. The molecule has 2 aromatic heterocycles. The molecular weight excluding hydrogens is 272 g/mol. The molecule has 0 atom stereocenters. The molecule has 0 aliphatic heterocycles. The third kappa shape index (κ3) is 3.03. The number of pyridine rings is 1. The van der Waals surface area contributed by atoms with E-state index in [0.29, 0.717) is 5.82 Å². The molecule has 0 amide bonds. The Labute approximate surface area is 109 Å².